The molecule has 0 saturated heterocycles. The smallest absolute Gasteiger partial charge is 0.191 e. The first kappa shape index (κ1) is 17.0. The molecule has 2 aromatic heterocycles. The summed E-state index contributed by atoms with van der Waals surface area (Å²) in [4.78, 5) is 0. The lowest BCUT2D eigenvalue weighted by molar-refractivity contribution is 0.367. The van der Waals surface area contributed by atoms with E-state index in [0.717, 1.165) is 34.6 Å². The molecule has 2 aromatic rings. The number of nitrogens with zero attached hydrogens (tertiary/aromatic N) is 4. The van der Waals surface area contributed by atoms with E-state index >= 15 is 0 Å². The summed E-state index contributed by atoms with van der Waals surface area (Å²) in [5, 5.41) is 13.2. The highest BCUT2D eigenvalue weighted by atomic mass is 35.5. The molecule has 6 nitrogen and oxygen atoms in total. The van der Waals surface area contributed by atoms with Crippen molar-refractivity contribution in [2.24, 2.45) is 12.8 Å². The summed E-state index contributed by atoms with van der Waals surface area (Å²) in [6, 6.07) is 1.99. The van der Waals surface area contributed by atoms with Gasteiger partial charge < -0.3 is 14.8 Å². The zero-order valence-electron chi connectivity index (χ0n) is 11.9. The summed E-state index contributed by atoms with van der Waals surface area (Å²) in [5.41, 5.74) is 6.45. The summed E-state index contributed by atoms with van der Waals surface area (Å²) < 4.78 is 7.24. The van der Waals surface area contributed by atoms with E-state index in [2.05, 4.69) is 29.2 Å². The number of aromatic nitrogens is 4. The SMILES string of the molecule is CC(C)c1cc(CSc2nnc(CCN)n2C)no1.Cl. The summed E-state index contributed by atoms with van der Waals surface area (Å²) in [7, 11) is 1.95. The Morgan fingerprint density at radius 3 is 2.75 bits per heavy atom. The van der Waals surface area contributed by atoms with E-state index in [1.54, 1.807) is 11.8 Å². The zero-order valence-corrected chi connectivity index (χ0v) is 13.5. The Morgan fingerprint density at radius 2 is 2.15 bits per heavy atom. The normalized spacial score (nSPS) is 10.8. The van der Waals surface area contributed by atoms with E-state index in [-0.39, 0.29) is 12.4 Å². The molecule has 20 heavy (non-hydrogen) atoms. The highest BCUT2D eigenvalue weighted by Gasteiger charge is 2.11. The highest BCUT2D eigenvalue weighted by molar-refractivity contribution is 7.98. The van der Waals surface area contributed by atoms with Crippen LogP contribution >= 0.6 is 24.2 Å². The lowest BCUT2D eigenvalue weighted by Gasteiger charge is -2.01. The third kappa shape index (κ3) is 3.97. The highest BCUT2D eigenvalue weighted by Crippen LogP contribution is 2.23. The summed E-state index contributed by atoms with van der Waals surface area (Å²) in [5.74, 6) is 2.91. The molecule has 0 bridgehead atoms. The molecule has 0 aliphatic carbocycles. The first-order valence-corrected chi connectivity index (χ1v) is 7.27. The summed E-state index contributed by atoms with van der Waals surface area (Å²) in [6.07, 6.45) is 0.742. The van der Waals surface area contributed by atoms with Gasteiger partial charge in [0.1, 0.15) is 11.6 Å². The van der Waals surface area contributed by atoms with Gasteiger partial charge in [0.25, 0.3) is 0 Å². The molecule has 2 N–H and O–H groups in total. The number of hydrogen-bond acceptors (Lipinski definition) is 6. The van der Waals surface area contributed by atoms with Crippen LogP contribution in [0.15, 0.2) is 15.7 Å². The maximum Gasteiger partial charge on any atom is 0.191 e. The van der Waals surface area contributed by atoms with Crippen LogP contribution in [0, 0.1) is 0 Å². The van der Waals surface area contributed by atoms with Crippen molar-refractivity contribution in [2.45, 2.75) is 37.1 Å². The van der Waals surface area contributed by atoms with Gasteiger partial charge in [0, 0.05) is 31.2 Å². The Bertz CT molecular complexity index is 540. The third-order valence-corrected chi connectivity index (χ3v) is 3.84. The third-order valence-electron chi connectivity index (χ3n) is 2.79. The monoisotopic (exact) mass is 317 g/mol. The van der Waals surface area contributed by atoms with Crippen LogP contribution in [0.3, 0.4) is 0 Å². The summed E-state index contributed by atoms with van der Waals surface area (Å²) >= 11 is 1.60. The molecule has 0 spiro atoms. The van der Waals surface area contributed by atoms with Crippen molar-refractivity contribution >= 4 is 24.2 Å². The fraction of sp³-hybridized carbons (Fsp3) is 0.583. The van der Waals surface area contributed by atoms with Crippen LogP contribution < -0.4 is 5.73 Å². The van der Waals surface area contributed by atoms with Gasteiger partial charge in [0.2, 0.25) is 0 Å². The molecular formula is C12H20ClN5OS. The average Bonchev–Trinajstić information content (AvgIpc) is 2.97. The minimum absolute atomic E-state index is 0. The maximum absolute atomic E-state index is 5.52. The molecule has 112 valence electrons. The standard InChI is InChI=1S/C12H19N5OS.ClH/c1-8(2)10-6-9(16-18-10)7-19-12-15-14-11(4-5-13)17(12)3;/h6,8H,4-5,7,13H2,1-3H3;1H. The lowest BCUT2D eigenvalue weighted by atomic mass is 10.1. The Labute approximate surface area is 128 Å². The molecule has 0 aliphatic heterocycles. The van der Waals surface area contributed by atoms with Crippen LogP contribution in [-0.2, 0) is 19.2 Å². The molecule has 0 saturated carbocycles. The predicted molar refractivity (Wildman–Crippen MR) is 81.2 cm³/mol. The molecule has 0 radical (unpaired) electrons. The topological polar surface area (TPSA) is 82.8 Å². The Morgan fingerprint density at radius 1 is 1.40 bits per heavy atom. The van der Waals surface area contributed by atoms with Gasteiger partial charge in [0.15, 0.2) is 5.16 Å². The van der Waals surface area contributed by atoms with Gasteiger partial charge in [-0.25, -0.2) is 0 Å². The summed E-state index contributed by atoms with van der Waals surface area (Å²) in [6.45, 7) is 4.75. The Balaban J connectivity index is 0.00000200. The first-order chi connectivity index (χ1) is 9.11. The number of hydrogen-bond donors (Lipinski definition) is 1. The van der Waals surface area contributed by atoms with Gasteiger partial charge in [-0.3, -0.25) is 0 Å². The zero-order chi connectivity index (χ0) is 13.8. The van der Waals surface area contributed by atoms with Crippen molar-refractivity contribution in [1.82, 2.24) is 19.9 Å². The number of nitrogens with two attached hydrogens (primary N) is 1. The lowest BCUT2D eigenvalue weighted by Crippen LogP contribution is -2.08. The molecule has 0 aliphatic rings. The van der Waals surface area contributed by atoms with Crippen molar-refractivity contribution in [1.29, 1.82) is 0 Å². The fourth-order valence-electron chi connectivity index (χ4n) is 1.62. The van der Waals surface area contributed by atoms with E-state index in [9.17, 15) is 0 Å². The van der Waals surface area contributed by atoms with Gasteiger partial charge in [0.05, 0.1) is 5.69 Å². The van der Waals surface area contributed by atoms with Crippen LogP contribution in [0.1, 0.15) is 37.0 Å². The molecule has 0 atom stereocenters. The van der Waals surface area contributed by atoms with Crippen LogP contribution in [0.2, 0.25) is 0 Å². The second-order valence-electron chi connectivity index (χ2n) is 4.66. The fourth-order valence-corrected chi connectivity index (χ4v) is 2.43. The Hall–Kier alpha value is -1.05. The van der Waals surface area contributed by atoms with Gasteiger partial charge in [-0.05, 0) is 6.54 Å². The Kier molecular flexibility index (Phi) is 6.51. The van der Waals surface area contributed by atoms with Gasteiger partial charge in [-0.1, -0.05) is 30.8 Å². The van der Waals surface area contributed by atoms with E-state index in [0.29, 0.717) is 12.5 Å². The van der Waals surface area contributed by atoms with Crippen LogP contribution in [0.4, 0.5) is 0 Å². The van der Waals surface area contributed by atoms with E-state index < -0.39 is 0 Å². The van der Waals surface area contributed by atoms with Crippen LogP contribution in [-0.4, -0.2) is 26.5 Å². The molecule has 0 fully saturated rings. The largest absolute Gasteiger partial charge is 0.361 e. The second kappa shape index (κ2) is 7.66. The minimum atomic E-state index is 0. The van der Waals surface area contributed by atoms with Gasteiger partial charge >= 0.3 is 0 Å². The van der Waals surface area contributed by atoms with E-state index in [1.807, 2.05) is 17.7 Å². The molecular weight excluding hydrogens is 298 g/mol. The average molecular weight is 318 g/mol. The van der Waals surface area contributed by atoms with Crippen molar-refractivity contribution in [3.63, 3.8) is 0 Å². The quantitative estimate of drug-likeness (QED) is 0.822. The molecule has 0 amide bonds. The molecule has 2 heterocycles. The minimum Gasteiger partial charge on any atom is -0.361 e. The van der Waals surface area contributed by atoms with Crippen molar-refractivity contribution in [2.75, 3.05) is 6.54 Å². The van der Waals surface area contributed by atoms with Crippen molar-refractivity contribution in [3.8, 4) is 0 Å². The van der Waals surface area contributed by atoms with Crippen LogP contribution in [0.5, 0.6) is 0 Å². The number of rotatable bonds is 6. The number of halogens is 1. The first-order valence-electron chi connectivity index (χ1n) is 6.28. The van der Waals surface area contributed by atoms with Crippen LogP contribution in [0.25, 0.3) is 0 Å². The number of thioether (sulfide) groups is 1. The second-order valence-corrected chi connectivity index (χ2v) is 5.60. The van der Waals surface area contributed by atoms with E-state index in [4.69, 9.17) is 10.3 Å². The maximum atomic E-state index is 5.52. The predicted octanol–water partition coefficient (Wildman–Crippen LogP) is 2.14. The van der Waals surface area contributed by atoms with E-state index in [1.165, 1.54) is 0 Å². The van der Waals surface area contributed by atoms with Gasteiger partial charge in [-0.15, -0.1) is 22.6 Å². The molecule has 0 aromatic carbocycles. The van der Waals surface area contributed by atoms with Gasteiger partial charge in [-0.2, -0.15) is 0 Å². The van der Waals surface area contributed by atoms with Crippen molar-refractivity contribution < 1.29 is 4.52 Å². The molecule has 2 rings (SSSR count). The molecule has 0 unspecified atom stereocenters. The van der Waals surface area contributed by atoms with Crippen molar-refractivity contribution in [3.05, 3.63) is 23.3 Å². The molecule has 8 heteroatoms.